The molecule has 0 spiro atoms. The first-order valence-electron chi connectivity index (χ1n) is 6.99. The zero-order valence-electron chi connectivity index (χ0n) is 10.6. The second kappa shape index (κ2) is 5.09. The Hall–Kier alpha value is -1.38. The molecule has 18 heavy (non-hydrogen) atoms. The summed E-state index contributed by atoms with van der Waals surface area (Å²) in [5.41, 5.74) is 1.19. The van der Waals surface area contributed by atoms with Crippen molar-refractivity contribution in [1.82, 2.24) is 10.3 Å². The summed E-state index contributed by atoms with van der Waals surface area (Å²) in [6, 6.07) is 3.99. The van der Waals surface area contributed by atoms with Crippen LogP contribution in [0.4, 0.5) is 0 Å². The molecule has 3 heteroatoms. The van der Waals surface area contributed by atoms with E-state index in [1.165, 1.54) is 24.8 Å². The number of aromatic nitrogens is 1. The fraction of sp³-hybridized carbons (Fsp3) is 0.600. The van der Waals surface area contributed by atoms with E-state index in [0.29, 0.717) is 11.8 Å². The lowest BCUT2D eigenvalue weighted by Crippen LogP contribution is -2.34. The summed E-state index contributed by atoms with van der Waals surface area (Å²) in [5, 5.41) is 3.09. The van der Waals surface area contributed by atoms with Crippen molar-refractivity contribution in [3.8, 4) is 0 Å². The monoisotopic (exact) mass is 244 g/mol. The molecule has 2 fully saturated rings. The van der Waals surface area contributed by atoms with Gasteiger partial charge in [-0.15, -0.1) is 0 Å². The van der Waals surface area contributed by atoms with Gasteiger partial charge in [-0.2, -0.15) is 0 Å². The number of hydrogen-bond donors (Lipinski definition) is 1. The second-order valence-corrected chi connectivity index (χ2v) is 5.68. The van der Waals surface area contributed by atoms with Gasteiger partial charge in [0.05, 0.1) is 0 Å². The molecule has 2 aliphatic carbocycles. The molecule has 1 aromatic rings. The average Bonchev–Trinajstić information content (AvgIpc) is 3.02. The highest BCUT2D eigenvalue weighted by atomic mass is 16.1. The quantitative estimate of drug-likeness (QED) is 0.882. The minimum Gasteiger partial charge on any atom is -0.356 e. The summed E-state index contributed by atoms with van der Waals surface area (Å²) in [7, 11) is 0. The first-order chi connectivity index (χ1) is 8.83. The van der Waals surface area contributed by atoms with Crippen LogP contribution in [0.2, 0.25) is 0 Å². The second-order valence-electron chi connectivity index (χ2n) is 5.68. The van der Waals surface area contributed by atoms with Crippen LogP contribution in [-0.4, -0.2) is 17.4 Å². The number of carbonyl (C=O) groups is 1. The predicted octanol–water partition coefficient (Wildman–Crippen LogP) is 2.18. The van der Waals surface area contributed by atoms with E-state index >= 15 is 0 Å². The Morgan fingerprint density at radius 3 is 3.00 bits per heavy atom. The molecule has 0 aliphatic heterocycles. The maximum absolute atomic E-state index is 12.1. The molecule has 2 aliphatic rings. The standard InChI is InChI=1S/C15H20N2O/c18-15(14-9-12-3-4-13(14)8-12)17-7-5-11-2-1-6-16-10-11/h1-2,6,10,12-14H,3-5,7-9H2,(H,17,18). The Morgan fingerprint density at radius 2 is 2.33 bits per heavy atom. The number of amides is 1. The first-order valence-corrected chi connectivity index (χ1v) is 6.99. The molecule has 96 valence electrons. The number of fused-ring (bicyclic) bond motifs is 2. The smallest absolute Gasteiger partial charge is 0.223 e. The van der Waals surface area contributed by atoms with E-state index in [1.54, 1.807) is 6.20 Å². The van der Waals surface area contributed by atoms with Gasteiger partial charge < -0.3 is 5.32 Å². The predicted molar refractivity (Wildman–Crippen MR) is 69.9 cm³/mol. The van der Waals surface area contributed by atoms with Crippen molar-refractivity contribution >= 4 is 5.91 Å². The van der Waals surface area contributed by atoms with E-state index in [4.69, 9.17) is 0 Å². The third-order valence-corrected chi connectivity index (χ3v) is 4.51. The Bertz CT molecular complexity index is 418. The molecule has 1 N–H and O–H groups in total. The highest BCUT2D eigenvalue weighted by molar-refractivity contribution is 5.79. The van der Waals surface area contributed by atoms with Crippen LogP contribution < -0.4 is 5.32 Å². The molecule has 3 atom stereocenters. The number of carbonyl (C=O) groups excluding carboxylic acids is 1. The average molecular weight is 244 g/mol. The first kappa shape index (κ1) is 11.7. The van der Waals surface area contributed by atoms with Crippen LogP contribution in [0.25, 0.3) is 0 Å². The fourth-order valence-corrected chi connectivity index (χ4v) is 3.57. The molecule has 1 heterocycles. The third kappa shape index (κ3) is 2.40. The summed E-state index contributed by atoms with van der Waals surface area (Å²) in [6.07, 6.45) is 9.56. The van der Waals surface area contributed by atoms with Crippen molar-refractivity contribution in [2.75, 3.05) is 6.54 Å². The van der Waals surface area contributed by atoms with Crippen LogP contribution in [0, 0.1) is 17.8 Å². The molecular formula is C15H20N2O. The van der Waals surface area contributed by atoms with E-state index in [2.05, 4.69) is 16.4 Å². The van der Waals surface area contributed by atoms with E-state index in [1.807, 2.05) is 12.3 Å². The molecule has 1 amide bonds. The Labute approximate surface area is 108 Å². The van der Waals surface area contributed by atoms with E-state index in [9.17, 15) is 4.79 Å². The van der Waals surface area contributed by atoms with E-state index in [0.717, 1.165) is 25.3 Å². The van der Waals surface area contributed by atoms with Crippen molar-refractivity contribution in [1.29, 1.82) is 0 Å². The van der Waals surface area contributed by atoms with E-state index in [-0.39, 0.29) is 5.91 Å². The molecule has 3 unspecified atom stereocenters. The summed E-state index contributed by atoms with van der Waals surface area (Å²) < 4.78 is 0. The van der Waals surface area contributed by atoms with Crippen LogP contribution in [-0.2, 0) is 11.2 Å². The lowest BCUT2D eigenvalue weighted by molar-refractivity contribution is -0.126. The highest BCUT2D eigenvalue weighted by Crippen LogP contribution is 2.48. The van der Waals surface area contributed by atoms with Crippen molar-refractivity contribution in [2.24, 2.45) is 17.8 Å². The zero-order valence-corrected chi connectivity index (χ0v) is 10.6. The van der Waals surface area contributed by atoms with Crippen molar-refractivity contribution in [3.63, 3.8) is 0 Å². The maximum atomic E-state index is 12.1. The number of pyridine rings is 1. The van der Waals surface area contributed by atoms with E-state index < -0.39 is 0 Å². The number of nitrogens with one attached hydrogen (secondary N) is 1. The lowest BCUT2D eigenvalue weighted by Gasteiger charge is -2.20. The Balaban J connectivity index is 1.45. The molecule has 0 aromatic carbocycles. The number of hydrogen-bond acceptors (Lipinski definition) is 2. The third-order valence-electron chi connectivity index (χ3n) is 4.51. The van der Waals surface area contributed by atoms with Crippen molar-refractivity contribution in [2.45, 2.75) is 32.1 Å². The maximum Gasteiger partial charge on any atom is 0.223 e. The minimum absolute atomic E-state index is 0.283. The van der Waals surface area contributed by atoms with Gasteiger partial charge in [0.2, 0.25) is 5.91 Å². The Morgan fingerprint density at radius 1 is 1.39 bits per heavy atom. The van der Waals surface area contributed by atoms with Gasteiger partial charge >= 0.3 is 0 Å². The largest absolute Gasteiger partial charge is 0.356 e. The summed E-state index contributed by atoms with van der Waals surface area (Å²) in [5.74, 6) is 2.10. The molecular weight excluding hydrogens is 224 g/mol. The van der Waals surface area contributed by atoms with Crippen LogP contribution in [0.3, 0.4) is 0 Å². The molecule has 2 bridgehead atoms. The van der Waals surface area contributed by atoms with Crippen LogP contribution in [0.15, 0.2) is 24.5 Å². The SMILES string of the molecule is O=C(NCCc1cccnc1)C1CC2CCC1C2. The van der Waals surface area contributed by atoms with Crippen molar-refractivity contribution < 1.29 is 4.79 Å². The zero-order chi connectivity index (χ0) is 12.4. The van der Waals surface area contributed by atoms with Gasteiger partial charge in [0.15, 0.2) is 0 Å². The fourth-order valence-electron chi connectivity index (χ4n) is 3.57. The van der Waals surface area contributed by atoms with Gasteiger partial charge in [-0.3, -0.25) is 9.78 Å². The van der Waals surface area contributed by atoms with Crippen LogP contribution in [0.5, 0.6) is 0 Å². The summed E-state index contributed by atoms with van der Waals surface area (Å²) >= 11 is 0. The highest BCUT2D eigenvalue weighted by Gasteiger charge is 2.42. The molecule has 2 saturated carbocycles. The lowest BCUT2D eigenvalue weighted by atomic mass is 9.88. The normalized spacial score (nSPS) is 29.4. The molecule has 0 saturated heterocycles. The van der Waals surface area contributed by atoms with Crippen molar-refractivity contribution in [3.05, 3.63) is 30.1 Å². The summed E-state index contributed by atoms with van der Waals surface area (Å²) in [6.45, 7) is 0.735. The van der Waals surface area contributed by atoms with Gasteiger partial charge in [-0.1, -0.05) is 12.5 Å². The van der Waals surface area contributed by atoms with Gasteiger partial charge in [-0.25, -0.2) is 0 Å². The van der Waals surface area contributed by atoms with Gasteiger partial charge in [0, 0.05) is 24.9 Å². The molecule has 3 nitrogen and oxygen atoms in total. The molecule has 0 radical (unpaired) electrons. The summed E-state index contributed by atoms with van der Waals surface area (Å²) in [4.78, 5) is 16.2. The van der Waals surface area contributed by atoms with Gasteiger partial charge in [0.1, 0.15) is 0 Å². The number of nitrogens with zero attached hydrogens (tertiary/aromatic N) is 1. The van der Waals surface area contributed by atoms with Gasteiger partial charge in [0.25, 0.3) is 0 Å². The topological polar surface area (TPSA) is 42.0 Å². The molecule has 3 rings (SSSR count). The Kier molecular flexibility index (Phi) is 3.31. The number of rotatable bonds is 4. The van der Waals surface area contributed by atoms with Crippen LogP contribution in [0.1, 0.15) is 31.2 Å². The molecule has 1 aromatic heterocycles. The van der Waals surface area contributed by atoms with Crippen LogP contribution >= 0.6 is 0 Å². The minimum atomic E-state index is 0.283. The van der Waals surface area contributed by atoms with Gasteiger partial charge in [-0.05, 0) is 49.1 Å².